The monoisotopic (exact) mass is 469 g/mol. The molecule has 4 rings (SSSR count). The summed E-state index contributed by atoms with van der Waals surface area (Å²) in [4.78, 5) is 19.6. The van der Waals surface area contributed by atoms with Gasteiger partial charge in [0.2, 0.25) is 5.13 Å². The average molecular weight is 470 g/mol. The van der Waals surface area contributed by atoms with E-state index < -0.39 is 4.92 Å². The Kier molecular flexibility index (Phi) is 6.16. The second kappa shape index (κ2) is 8.97. The predicted molar refractivity (Wildman–Crippen MR) is 121 cm³/mol. The van der Waals surface area contributed by atoms with E-state index in [-0.39, 0.29) is 5.69 Å². The van der Waals surface area contributed by atoms with Gasteiger partial charge in [-0.25, -0.2) is 9.98 Å². The molecule has 0 spiro atoms. The molecule has 0 bridgehead atoms. The second-order valence-corrected chi connectivity index (χ2v) is 8.89. The van der Waals surface area contributed by atoms with Crippen LogP contribution in [-0.4, -0.2) is 16.1 Å². The third kappa shape index (κ3) is 4.79. The second-order valence-electron chi connectivity index (χ2n) is 7.20. The van der Waals surface area contributed by atoms with Crippen LogP contribution in [0.25, 0.3) is 11.3 Å². The van der Waals surface area contributed by atoms with Crippen molar-refractivity contribution in [3.8, 4) is 11.3 Å². The molecule has 0 atom stereocenters. The summed E-state index contributed by atoms with van der Waals surface area (Å²) in [7, 11) is 0. The first kappa shape index (κ1) is 19.9. The molecule has 3 aromatic rings. The van der Waals surface area contributed by atoms with Crippen molar-refractivity contribution in [3.05, 3.63) is 73.6 Å². The van der Waals surface area contributed by atoms with E-state index in [1.807, 2.05) is 5.38 Å². The standard InChI is InChI=1S/C22H20BrN3O2S/c23-19-11-6-15(12-21(19)26(27)28)13-24-22-25-20(14-29-22)18-9-7-17(8-10-18)16-4-2-1-3-5-16/h6-14,16H,1-5H2. The van der Waals surface area contributed by atoms with E-state index in [0.717, 1.165) is 11.3 Å². The highest BCUT2D eigenvalue weighted by Crippen LogP contribution is 2.34. The molecule has 7 heteroatoms. The summed E-state index contributed by atoms with van der Waals surface area (Å²) in [6, 6.07) is 13.7. The Balaban J connectivity index is 1.47. The van der Waals surface area contributed by atoms with E-state index >= 15 is 0 Å². The van der Waals surface area contributed by atoms with Crippen molar-refractivity contribution in [2.24, 2.45) is 4.99 Å². The number of rotatable bonds is 5. The van der Waals surface area contributed by atoms with E-state index in [0.29, 0.717) is 21.1 Å². The van der Waals surface area contributed by atoms with Gasteiger partial charge in [0.1, 0.15) is 0 Å². The van der Waals surface area contributed by atoms with Gasteiger partial charge in [-0.2, -0.15) is 0 Å². The lowest BCUT2D eigenvalue weighted by Gasteiger charge is -2.22. The highest BCUT2D eigenvalue weighted by molar-refractivity contribution is 9.10. The maximum absolute atomic E-state index is 11.1. The van der Waals surface area contributed by atoms with Gasteiger partial charge >= 0.3 is 0 Å². The molecule has 2 aromatic carbocycles. The third-order valence-corrected chi connectivity index (χ3v) is 6.69. The molecule has 1 aromatic heterocycles. The number of hydrogen-bond acceptors (Lipinski definition) is 5. The summed E-state index contributed by atoms with van der Waals surface area (Å²) in [5.41, 5.74) is 4.10. The van der Waals surface area contributed by atoms with E-state index in [1.165, 1.54) is 55.1 Å². The van der Waals surface area contributed by atoms with Crippen LogP contribution in [0.4, 0.5) is 10.8 Å². The molecule has 1 fully saturated rings. The normalized spacial score (nSPS) is 15.1. The fraction of sp³-hybridized carbons (Fsp3) is 0.273. The summed E-state index contributed by atoms with van der Waals surface area (Å²) in [5, 5.41) is 13.7. The van der Waals surface area contributed by atoms with Crippen molar-refractivity contribution in [1.29, 1.82) is 0 Å². The number of aliphatic imine (C=N–C) groups is 1. The van der Waals surface area contributed by atoms with E-state index in [9.17, 15) is 10.1 Å². The van der Waals surface area contributed by atoms with E-state index in [4.69, 9.17) is 0 Å². The largest absolute Gasteiger partial charge is 0.284 e. The minimum Gasteiger partial charge on any atom is -0.258 e. The molecule has 0 N–H and O–H groups in total. The molecule has 1 heterocycles. The smallest absolute Gasteiger partial charge is 0.258 e. The fourth-order valence-corrected chi connectivity index (χ4v) is 4.76. The van der Waals surface area contributed by atoms with Gasteiger partial charge in [0.15, 0.2) is 0 Å². The van der Waals surface area contributed by atoms with Gasteiger partial charge in [-0.3, -0.25) is 10.1 Å². The molecule has 1 aliphatic rings. The van der Waals surface area contributed by atoms with Crippen molar-refractivity contribution in [2.45, 2.75) is 38.0 Å². The summed E-state index contributed by atoms with van der Waals surface area (Å²) in [6.45, 7) is 0. The van der Waals surface area contributed by atoms with Crippen molar-refractivity contribution < 1.29 is 4.92 Å². The molecular weight excluding hydrogens is 450 g/mol. The Labute approximate surface area is 181 Å². The number of benzene rings is 2. The van der Waals surface area contributed by atoms with Crippen molar-refractivity contribution in [2.75, 3.05) is 0 Å². The van der Waals surface area contributed by atoms with Gasteiger partial charge in [0.05, 0.1) is 15.1 Å². The molecule has 0 amide bonds. The predicted octanol–water partition coefficient (Wildman–Crippen LogP) is 7.28. The van der Waals surface area contributed by atoms with Crippen molar-refractivity contribution in [1.82, 2.24) is 4.98 Å². The van der Waals surface area contributed by atoms with Crippen molar-refractivity contribution in [3.63, 3.8) is 0 Å². The van der Waals surface area contributed by atoms with Crippen LogP contribution >= 0.6 is 27.3 Å². The summed E-state index contributed by atoms with van der Waals surface area (Å²) >= 11 is 4.65. The molecular formula is C22H20BrN3O2S. The maximum Gasteiger partial charge on any atom is 0.284 e. The maximum atomic E-state index is 11.1. The van der Waals surface area contributed by atoms with Crippen molar-refractivity contribution >= 4 is 44.3 Å². The Hall–Kier alpha value is -2.38. The number of nitro benzene ring substituents is 1. The summed E-state index contributed by atoms with van der Waals surface area (Å²) < 4.78 is 0.452. The third-order valence-electron chi connectivity index (χ3n) is 5.27. The molecule has 1 aliphatic carbocycles. The first-order chi connectivity index (χ1) is 14.1. The van der Waals surface area contributed by atoms with Crippen LogP contribution in [0, 0.1) is 10.1 Å². The highest BCUT2D eigenvalue weighted by atomic mass is 79.9. The van der Waals surface area contributed by atoms with E-state index in [1.54, 1.807) is 18.3 Å². The zero-order chi connectivity index (χ0) is 20.2. The van der Waals surface area contributed by atoms with Crippen LogP contribution in [0.2, 0.25) is 0 Å². The topological polar surface area (TPSA) is 68.4 Å². The van der Waals surface area contributed by atoms with Crippen LogP contribution in [0.1, 0.15) is 49.1 Å². The zero-order valence-corrected chi connectivity index (χ0v) is 18.2. The molecule has 148 valence electrons. The molecule has 0 saturated heterocycles. The van der Waals surface area contributed by atoms with Crippen LogP contribution < -0.4 is 0 Å². The van der Waals surface area contributed by atoms with Gasteiger partial charge in [-0.15, -0.1) is 11.3 Å². The lowest BCUT2D eigenvalue weighted by atomic mass is 9.84. The van der Waals surface area contributed by atoms with Crippen LogP contribution in [-0.2, 0) is 0 Å². The van der Waals surface area contributed by atoms with Gasteiger partial charge < -0.3 is 0 Å². The molecule has 0 aliphatic heterocycles. The van der Waals surface area contributed by atoms with Gasteiger partial charge in [-0.1, -0.05) is 49.6 Å². The number of aromatic nitrogens is 1. The number of hydrogen-bond donors (Lipinski definition) is 0. The first-order valence-electron chi connectivity index (χ1n) is 9.64. The Morgan fingerprint density at radius 1 is 1.14 bits per heavy atom. The molecule has 29 heavy (non-hydrogen) atoms. The van der Waals surface area contributed by atoms with Gasteiger partial charge in [0.25, 0.3) is 5.69 Å². The Bertz CT molecular complexity index is 1040. The molecule has 0 unspecified atom stereocenters. The van der Waals surface area contributed by atoms with Crippen LogP contribution in [0.5, 0.6) is 0 Å². The molecule has 5 nitrogen and oxygen atoms in total. The van der Waals surface area contributed by atoms with Gasteiger partial charge in [-0.05, 0) is 51.9 Å². The Morgan fingerprint density at radius 2 is 1.90 bits per heavy atom. The quantitative estimate of drug-likeness (QED) is 0.224. The first-order valence-corrected chi connectivity index (χ1v) is 11.3. The SMILES string of the molecule is O=[N+]([O-])c1cc(C=Nc2nc(-c3ccc(C4CCCCC4)cc3)cs2)ccc1Br. The number of halogens is 1. The lowest BCUT2D eigenvalue weighted by molar-refractivity contribution is -0.385. The average Bonchev–Trinajstić information content (AvgIpc) is 3.23. The highest BCUT2D eigenvalue weighted by Gasteiger charge is 2.15. The molecule has 0 radical (unpaired) electrons. The van der Waals surface area contributed by atoms with Gasteiger partial charge in [0, 0.05) is 23.2 Å². The minimum absolute atomic E-state index is 0.0202. The van der Waals surface area contributed by atoms with Crippen LogP contribution in [0.3, 0.4) is 0 Å². The Morgan fingerprint density at radius 3 is 2.62 bits per heavy atom. The fourth-order valence-electron chi connectivity index (χ4n) is 3.70. The number of nitrogens with zero attached hydrogens (tertiary/aromatic N) is 3. The number of nitro groups is 1. The zero-order valence-electron chi connectivity index (χ0n) is 15.8. The summed E-state index contributed by atoms with van der Waals surface area (Å²) in [6.07, 6.45) is 8.23. The van der Waals surface area contributed by atoms with E-state index in [2.05, 4.69) is 50.2 Å². The minimum atomic E-state index is -0.417. The summed E-state index contributed by atoms with van der Waals surface area (Å²) in [5.74, 6) is 0.698. The number of thiazole rings is 1. The molecule has 1 saturated carbocycles. The lowest BCUT2D eigenvalue weighted by Crippen LogP contribution is -2.04. The van der Waals surface area contributed by atoms with Crippen LogP contribution in [0.15, 0.2) is 57.3 Å².